The first-order chi connectivity index (χ1) is 4.79. The number of rotatable bonds is 2. The van der Waals surface area contributed by atoms with Gasteiger partial charge in [0.15, 0.2) is 0 Å². The zero-order valence-electron chi connectivity index (χ0n) is 6.80. The van der Waals surface area contributed by atoms with Crippen LogP contribution in [0.5, 0.6) is 0 Å². The van der Waals surface area contributed by atoms with Gasteiger partial charge in [-0.25, -0.2) is 0 Å². The normalized spacial score (nSPS) is 27.3. The van der Waals surface area contributed by atoms with E-state index >= 15 is 0 Å². The van der Waals surface area contributed by atoms with Gasteiger partial charge in [-0.2, -0.15) is 0 Å². The van der Waals surface area contributed by atoms with E-state index < -0.39 is 0 Å². The molecule has 1 unspecified atom stereocenters. The molecule has 0 aromatic heterocycles. The van der Waals surface area contributed by atoms with Crippen LogP contribution in [-0.4, -0.2) is 25.4 Å². The summed E-state index contributed by atoms with van der Waals surface area (Å²) in [6, 6.07) is 0. The minimum atomic E-state index is 0.340. The lowest BCUT2D eigenvalue weighted by Crippen LogP contribution is -2.27. The maximum absolute atomic E-state index is 5.57. The second kappa shape index (κ2) is 3.94. The molecule has 10 heavy (non-hydrogen) atoms. The molecule has 2 nitrogen and oxygen atoms in total. The fraction of sp³-hybridized carbons (Fsp3) is 1.00. The topological polar surface area (TPSA) is 18.5 Å². The van der Waals surface area contributed by atoms with Crippen LogP contribution in [0.4, 0.5) is 0 Å². The molecule has 1 atom stereocenters. The molecule has 1 fully saturated rings. The van der Waals surface area contributed by atoms with E-state index in [1.54, 1.807) is 0 Å². The Balaban J connectivity index is 2.13. The van der Waals surface area contributed by atoms with Crippen molar-refractivity contribution >= 4 is 0 Å². The minimum Gasteiger partial charge on any atom is -0.379 e. The summed E-state index contributed by atoms with van der Waals surface area (Å²) >= 11 is 0. The predicted octanol–water partition coefficient (Wildman–Crippen LogP) is 1.59. The van der Waals surface area contributed by atoms with E-state index in [0.29, 0.717) is 12.2 Å². The van der Waals surface area contributed by atoms with Gasteiger partial charge in [-0.3, -0.25) is 0 Å². The Labute approximate surface area is 62.5 Å². The average Bonchev–Trinajstić information content (AvgIpc) is 1.88. The van der Waals surface area contributed by atoms with E-state index in [1.165, 1.54) is 0 Å². The summed E-state index contributed by atoms with van der Waals surface area (Å²) in [6.07, 6.45) is 3.01. The molecule has 1 aliphatic heterocycles. The van der Waals surface area contributed by atoms with Crippen LogP contribution in [0.2, 0.25) is 0 Å². The molecule has 60 valence electrons. The van der Waals surface area contributed by atoms with Crippen LogP contribution in [-0.2, 0) is 9.47 Å². The first-order valence-corrected chi connectivity index (χ1v) is 4.02. The van der Waals surface area contributed by atoms with Crippen LogP contribution >= 0.6 is 0 Å². The van der Waals surface area contributed by atoms with Gasteiger partial charge >= 0.3 is 0 Å². The van der Waals surface area contributed by atoms with Gasteiger partial charge in [-0.05, 0) is 26.7 Å². The molecule has 1 aliphatic rings. The third-order valence-electron chi connectivity index (χ3n) is 1.58. The van der Waals surface area contributed by atoms with Crippen molar-refractivity contribution < 1.29 is 9.47 Å². The summed E-state index contributed by atoms with van der Waals surface area (Å²) in [4.78, 5) is 0. The molecule has 0 aliphatic carbocycles. The summed E-state index contributed by atoms with van der Waals surface area (Å²) in [6.45, 7) is 5.83. The summed E-state index contributed by atoms with van der Waals surface area (Å²) in [5.74, 6) is 0. The van der Waals surface area contributed by atoms with Gasteiger partial charge in [0.1, 0.15) is 0 Å². The highest BCUT2D eigenvalue weighted by Crippen LogP contribution is 2.11. The van der Waals surface area contributed by atoms with E-state index in [9.17, 15) is 0 Å². The lowest BCUT2D eigenvalue weighted by molar-refractivity contribution is -0.0729. The molecule has 0 bridgehead atoms. The highest BCUT2D eigenvalue weighted by atomic mass is 16.5. The highest BCUT2D eigenvalue weighted by Gasteiger charge is 2.14. The van der Waals surface area contributed by atoms with Crippen molar-refractivity contribution in [3.05, 3.63) is 0 Å². The Kier molecular flexibility index (Phi) is 3.16. The molecule has 2 heteroatoms. The molecule has 1 saturated heterocycles. The maximum Gasteiger partial charge on any atom is 0.0812 e. The van der Waals surface area contributed by atoms with E-state index in [-0.39, 0.29) is 0 Å². The Bertz CT molecular complexity index is 85.3. The summed E-state index contributed by atoms with van der Waals surface area (Å²) in [5.41, 5.74) is 0. The van der Waals surface area contributed by atoms with Crippen molar-refractivity contribution in [1.82, 2.24) is 0 Å². The zero-order chi connectivity index (χ0) is 7.40. The molecular weight excluding hydrogens is 128 g/mol. The van der Waals surface area contributed by atoms with Crippen LogP contribution < -0.4 is 0 Å². The molecule has 1 rings (SSSR count). The maximum atomic E-state index is 5.57. The van der Waals surface area contributed by atoms with Crippen molar-refractivity contribution in [1.29, 1.82) is 0 Å². The molecular formula is C8H16O2. The van der Waals surface area contributed by atoms with Gasteiger partial charge in [0.25, 0.3) is 0 Å². The Hall–Kier alpha value is -0.0800. The Morgan fingerprint density at radius 2 is 2.30 bits per heavy atom. The average molecular weight is 144 g/mol. The first kappa shape index (κ1) is 8.02. The molecule has 0 saturated carbocycles. The molecule has 0 aromatic carbocycles. The molecule has 0 aromatic rings. The van der Waals surface area contributed by atoms with E-state index in [4.69, 9.17) is 9.47 Å². The highest BCUT2D eigenvalue weighted by molar-refractivity contribution is 4.62. The zero-order valence-corrected chi connectivity index (χ0v) is 6.80. The smallest absolute Gasteiger partial charge is 0.0812 e. The summed E-state index contributed by atoms with van der Waals surface area (Å²) in [5, 5.41) is 0. The lowest BCUT2D eigenvalue weighted by atomic mass is 10.2. The van der Waals surface area contributed by atoms with E-state index in [2.05, 4.69) is 13.8 Å². The van der Waals surface area contributed by atoms with Gasteiger partial charge in [0.05, 0.1) is 18.8 Å². The third-order valence-corrected chi connectivity index (χ3v) is 1.58. The van der Waals surface area contributed by atoms with Gasteiger partial charge in [0, 0.05) is 6.61 Å². The van der Waals surface area contributed by atoms with Gasteiger partial charge < -0.3 is 9.47 Å². The van der Waals surface area contributed by atoms with Crippen molar-refractivity contribution in [3.63, 3.8) is 0 Å². The standard InChI is InChI=1S/C8H16O2/c1-7(2)10-8-4-3-5-9-6-8/h7-8H,3-6H2,1-2H3. The molecule has 0 radical (unpaired) electrons. The lowest BCUT2D eigenvalue weighted by Gasteiger charge is -2.24. The Morgan fingerprint density at radius 1 is 1.50 bits per heavy atom. The van der Waals surface area contributed by atoms with Crippen molar-refractivity contribution in [3.8, 4) is 0 Å². The minimum absolute atomic E-state index is 0.340. The second-order valence-corrected chi connectivity index (χ2v) is 3.02. The summed E-state index contributed by atoms with van der Waals surface area (Å²) < 4.78 is 10.8. The van der Waals surface area contributed by atoms with Crippen molar-refractivity contribution in [2.24, 2.45) is 0 Å². The van der Waals surface area contributed by atoms with E-state index in [0.717, 1.165) is 26.1 Å². The quantitative estimate of drug-likeness (QED) is 0.586. The van der Waals surface area contributed by atoms with Crippen LogP contribution in [0.1, 0.15) is 26.7 Å². The number of ether oxygens (including phenoxy) is 2. The van der Waals surface area contributed by atoms with E-state index in [1.807, 2.05) is 0 Å². The Morgan fingerprint density at radius 3 is 2.80 bits per heavy atom. The molecule has 1 heterocycles. The van der Waals surface area contributed by atoms with Crippen LogP contribution in [0, 0.1) is 0 Å². The number of hydrogen-bond acceptors (Lipinski definition) is 2. The monoisotopic (exact) mass is 144 g/mol. The fourth-order valence-electron chi connectivity index (χ4n) is 1.20. The van der Waals surface area contributed by atoms with Gasteiger partial charge in [-0.1, -0.05) is 0 Å². The van der Waals surface area contributed by atoms with Gasteiger partial charge in [-0.15, -0.1) is 0 Å². The SMILES string of the molecule is CC(C)OC1CCCOC1. The molecule has 0 amide bonds. The fourth-order valence-corrected chi connectivity index (χ4v) is 1.20. The van der Waals surface area contributed by atoms with Crippen molar-refractivity contribution in [2.75, 3.05) is 13.2 Å². The first-order valence-electron chi connectivity index (χ1n) is 4.02. The second-order valence-electron chi connectivity index (χ2n) is 3.02. The number of hydrogen-bond donors (Lipinski definition) is 0. The van der Waals surface area contributed by atoms with Gasteiger partial charge in [0.2, 0.25) is 0 Å². The molecule has 0 spiro atoms. The largest absolute Gasteiger partial charge is 0.379 e. The predicted molar refractivity (Wildman–Crippen MR) is 40.1 cm³/mol. The third kappa shape index (κ3) is 2.67. The molecule has 0 N–H and O–H groups in total. The van der Waals surface area contributed by atoms with Crippen molar-refractivity contribution in [2.45, 2.75) is 38.9 Å². The van der Waals surface area contributed by atoms with Crippen LogP contribution in [0.15, 0.2) is 0 Å². The summed E-state index contributed by atoms with van der Waals surface area (Å²) in [7, 11) is 0. The van der Waals surface area contributed by atoms with Crippen LogP contribution in [0.25, 0.3) is 0 Å². The van der Waals surface area contributed by atoms with Crippen LogP contribution in [0.3, 0.4) is 0 Å².